The Morgan fingerprint density at radius 3 is 1.85 bits per heavy atom. The lowest BCUT2D eigenvalue weighted by molar-refractivity contribution is 0.557. The van der Waals surface area contributed by atoms with Gasteiger partial charge in [0.2, 0.25) is 0 Å². The first kappa shape index (κ1) is 8.93. The number of hydrogen-bond donors (Lipinski definition) is 0. The van der Waals surface area contributed by atoms with Gasteiger partial charge < -0.3 is 8.37 Å². The molecule has 0 amide bonds. The quantitative estimate of drug-likeness (QED) is 0.744. The summed E-state index contributed by atoms with van der Waals surface area (Å²) in [5.41, 5.74) is 0. The highest BCUT2D eigenvalue weighted by Gasteiger charge is 1.98. The fourth-order valence-electron chi connectivity index (χ4n) is 0.706. The molecular weight excluding hydrogens is 224 g/mol. The van der Waals surface area contributed by atoms with Gasteiger partial charge >= 0.3 is 0 Å². The molecule has 2 aromatic rings. The van der Waals surface area contributed by atoms with Gasteiger partial charge in [0, 0.05) is 0 Å². The summed E-state index contributed by atoms with van der Waals surface area (Å²) in [7, 11) is 0. The molecule has 5 heteroatoms. The van der Waals surface area contributed by atoms with Crippen molar-refractivity contribution in [2.75, 3.05) is 0 Å². The summed E-state index contributed by atoms with van der Waals surface area (Å²) in [5.74, 6) is 0. The Kier molecular flexibility index (Phi) is 3.12. The molecule has 68 valence electrons. The molecule has 0 unspecified atom stereocenters. The minimum atomic E-state index is 0.849. The van der Waals surface area contributed by atoms with Crippen LogP contribution < -0.4 is 8.37 Å². The number of rotatable bonds is 4. The van der Waals surface area contributed by atoms with Gasteiger partial charge in [0.05, 0.1) is 0 Å². The predicted octanol–water partition coefficient (Wildman–Crippen LogP) is 3.83. The van der Waals surface area contributed by atoms with E-state index in [0.717, 1.165) is 22.5 Å². The molecule has 0 saturated heterocycles. The van der Waals surface area contributed by atoms with Crippen LogP contribution in [0.1, 0.15) is 0 Å². The van der Waals surface area contributed by atoms with Crippen molar-refractivity contribution >= 4 is 35.0 Å². The lowest BCUT2D eigenvalue weighted by Crippen LogP contribution is -1.82. The van der Waals surface area contributed by atoms with Crippen LogP contribution in [-0.2, 0) is 0 Å². The minimum Gasteiger partial charge on any atom is -0.380 e. The van der Waals surface area contributed by atoms with E-state index in [0.29, 0.717) is 0 Å². The fourth-order valence-corrected chi connectivity index (χ4v) is 2.36. The van der Waals surface area contributed by atoms with Crippen molar-refractivity contribution in [2.24, 2.45) is 0 Å². The highest BCUT2D eigenvalue weighted by atomic mass is 32.2. The number of hydrogen-bond acceptors (Lipinski definition) is 5. The fraction of sp³-hybridized carbons (Fsp3) is 0. The Bertz CT molecular complexity index is 294. The summed E-state index contributed by atoms with van der Waals surface area (Å²) in [6.45, 7) is 0. The molecular formula is C8H6O2S3. The minimum absolute atomic E-state index is 0.849. The van der Waals surface area contributed by atoms with Gasteiger partial charge in [-0.3, -0.25) is 0 Å². The van der Waals surface area contributed by atoms with Gasteiger partial charge in [-0.1, -0.05) is 0 Å². The molecule has 2 heterocycles. The molecule has 0 spiro atoms. The third-order valence-corrected chi connectivity index (χ3v) is 3.42. The maximum atomic E-state index is 5.24. The van der Waals surface area contributed by atoms with Gasteiger partial charge in [-0.2, -0.15) is 0 Å². The van der Waals surface area contributed by atoms with Crippen molar-refractivity contribution in [1.29, 1.82) is 0 Å². The SMILES string of the molecule is c1csc(OSOc2cccs2)c1. The highest BCUT2D eigenvalue weighted by molar-refractivity contribution is 7.90. The van der Waals surface area contributed by atoms with E-state index < -0.39 is 0 Å². The summed E-state index contributed by atoms with van der Waals surface area (Å²) in [6.07, 6.45) is 0. The maximum absolute atomic E-state index is 5.24. The van der Waals surface area contributed by atoms with Crippen molar-refractivity contribution < 1.29 is 8.37 Å². The lowest BCUT2D eigenvalue weighted by atomic mass is 10.7. The normalized spacial score (nSPS) is 9.85. The van der Waals surface area contributed by atoms with Crippen LogP contribution in [0.25, 0.3) is 0 Å². The van der Waals surface area contributed by atoms with Gasteiger partial charge in [0.25, 0.3) is 12.3 Å². The largest absolute Gasteiger partial charge is 0.380 e. The number of thiophene rings is 2. The maximum Gasteiger partial charge on any atom is 0.295 e. The van der Waals surface area contributed by atoms with Crippen molar-refractivity contribution in [3.8, 4) is 10.1 Å². The first-order chi connectivity index (χ1) is 6.45. The van der Waals surface area contributed by atoms with Crippen LogP contribution in [0, 0.1) is 0 Å². The smallest absolute Gasteiger partial charge is 0.295 e. The predicted molar refractivity (Wildman–Crippen MR) is 57.5 cm³/mol. The molecule has 0 N–H and O–H groups in total. The van der Waals surface area contributed by atoms with E-state index in [9.17, 15) is 0 Å². The van der Waals surface area contributed by atoms with Crippen LogP contribution in [-0.4, -0.2) is 0 Å². The monoisotopic (exact) mass is 230 g/mol. The summed E-state index contributed by atoms with van der Waals surface area (Å²) < 4.78 is 10.5. The zero-order valence-corrected chi connectivity index (χ0v) is 8.95. The molecule has 0 atom stereocenters. The van der Waals surface area contributed by atoms with Crippen molar-refractivity contribution in [2.45, 2.75) is 0 Å². The van der Waals surface area contributed by atoms with E-state index in [1.807, 2.05) is 35.0 Å². The van der Waals surface area contributed by atoms with Gasteiger partial charge in [0.1, 0.15) is 0 Å². The van der Waals surface area contributed by atoms with Crippen molar-refractivity contribution in [3.63, 3.8) is 0 Å². The van der Waals surface area contributed by atoms with Gasteiger partial charge in [-0.25, -0.2) is 0 Å². The topological polar surface area (TPSA) is 18.5 Å². The van der Waals surface area contributed by atoms with Gasteiger partial charge in [0.15, 0.2) is 10.1 Å². The second-order valence-corrected chi connectivity index (χ2v) is 4.39. The average molecular weight is 230 g/mol. The molecule has 0 aliphatic heterocycles. The van der Waals surface area contributed by atoms with Gasteiger partial charge in [-0.15, -0.1) is 22.7 Å². The Morgan fingerprint density at radius 1 is 0.923 bits per heavy atom. The van der Waals surface area contributed by atoms with Crippen LogP contribution >= 0.6 is 35.0 Å². The molecule has 0 radical (unpaired) electrons. The molecule has 0 aliphatic carbocycles. The van der Waals surface area contributed by atoms with Crippen LogP contribution in [0.4, 0.5) is 0 Å². The van der Waals surface area contributed by atoms with Crippen LogP contribution in [0.5, 0.6) is 10.1 Å². The first-order valence-electron chi connectivity index (χ1n) is 3.53. The summed E-state index contributed by atoms with van der Waals surface area (Å²) in [4.78, 5) is 0. The molecule has 2 rings (SSSR count). The Morgan fingerprint density at radius 2 is 1.46 bits per heavy atom. The molecule has 0 aliphatic rings. The van der Waals surface area contributed by atoms with Crippen LogP contribution in [0.3, 0.4) is 0 Å². The average Bonchev–Trinajstić information content (AvgIpc) is 2.75. The second-order valence-electron chi connectivity index (χ2n) is 2.10. The summed E-state index contributed by atoms with van der Waals surface area (Å²) >= 11 is 4.07. The Hall–Kier alpha value is -0.650. The molecule has 0 bridgehead atoms. The Labute approximate surface area is 88.5 Å². The lowest BCUT2D eigenvalue weighted by Gasteiger charge is -1.98. The van der Waals surface area contributed by atoms with Gasteiger partial charge in [-0.05, 0) is 35.0 Å². The molecule has 13 heavy (non-hydrogen) atoms. The standard InChI is InChI=1S/C8H6O2S3/c1-3-7(11-5-1)9-13-10-8-4-2-6-12-8/h1-6H. The van der Waals surface area contributed by atoms with Crippen LogP contribution in [0.15, 0.2) is 35.0 Å². The summed E-state index contributed by atoms with van der Waals surface area (Å²) in [6, 6.07) is 7.67. The molecule has 2 nitrogen and oxygen atoms in total. The van der Waals surface area contributed by atoms with E-state index in [2.05, 4.69) is 0 Å². The Balaban J connectivity index is 1.76. The highest BCUT2D eigenvalue weighted by Crippen LogP contribution is 2.27. The summed E-state index contributed by atoms with van der Waals surface area (Å²) in [5, 5.41) is 5.62. The molecule has 0 saturated carbocycles. The first-order valence-corrected chi connectivity index (χ1v) is 5.96. The van der Waals surface area contributed by atoms with E-state index in [1.54, 1.807) is 22.7 Å². The molecule has 0 aromatic carbocycles. The van der Waals surface area contributed by atoms with E-state index >= 15 is 0 Å². The zero-order chi connectivity index (χ0) is 8.93. The van der Waals surface area contributed by atoms with Crippen molar-refractivity contribution in [3.05, 3.63) is 35.0 Å². The van der Waals surface area contributed by atoms with E-state index in [4.69, 9.17) is 8.37 Å². The van der Waals surface area contributed by atoms with Crippen LogP contribution in [0.2, 0.25) is 0 Å². The van der Waals surface area contributed by atoms with E-state index in [-0.39, 0.29) is 0 Å². The van der Waals surface area contributed by atoms with Crippen molar-refractivity contribution in [1.82, 2.24) is 0 Å². The third-order valence-electron chi connectivity index (χ3n) is 1.22. The molecule has 2 aromatic heterocycles. The molecule has 0 fully saturated rings. The zero-order valence-electron chi connectivity index (χ0n) is 6.51. The third kappa shape index (κ3) is 2.65. The van der Waals surface area contributed by atoms with E-state index in [1.165, 1.54) is 0 Å². The second kappa shape index (κ2) is 4.55.